The number of nitrogens with zero attached hydrogens (tertiary/aromatic N) is 6. The molecule has 2 aromatic heterocycles. The summed E-state index contributed by atoms with van der Waals surface area (Å²) in [4.78, 5) is 13.5. The molecule has 3 heterocycles. The van der Waals surface area contributed by atoms with E-state index in [4.69, 9.17) is 5.11 Å². The van der Waals surface area contributed by atoms with E-state index in [1.165, 1.54) is 16.9 Å². The SMILES string of the molecule is CC(c1ccc2nccnc2c1)N1CCN(c2nnc(CO)s2)CC1. The predicted molar refractivity (Wildman–Crippen MR) is 97.6 cm³/mol. The van der Waals surface area contributed by atoms with Crippen molar-refractivity contribution in [2.45, 2.75) is 19.6 Å². The zero-order chi connectivity index (χ0) is 17.2. The summed E-state index contributed by atoms with van der Waals surface area (Å²) in [5, 5.41) is 18.9. The Morgan fingerprint density at radius 2 is 1.84 bits per heavy atom. The maximum atomic E-state index is 9.14. The summed E-state index contributed by atoms with van der Waals surface area (Å²) in [6.07, 6.45) is 3.46. The third-order valence-electron chi connectivity index (χ3n) is 4.70. The number of benzene rings is 1. The molecule has 8 heteroatoms. The quantitative estimate of drug-likeness (QED) is 0.764. The van der Waals surface area contributed by atoms with Gasteiger partial charge in [0.15, 0.2) is 0 Å². The summed E-state index contributed by atoms with van der Waals surface area (Å²) in [6.45, 7) is 5.96. The number of rotatable bonds is 4. The summed E-state index contributed by atoms with van der Waals surface area (Å²) in [7, 11) is 0. The molecule has 1 N–H and O–H groups in total. The van der Waals surface area contributed by atoms with Gasteiger partial charge in [-0.15, -0.1) is 10.2 Å². The predicted octanol–water partition coefficient (Wildman–Crippen LogP) is 1.86. The molecule has 0 amide bonds. The van der Waals surface area contributed by atoms with Crippen molar-refractivity contribution in [1.29, 1.82) is 0 Å². The first kappa shape index (κ1) is 16.3. The van der Waals surface area contributed by atoms with Gasteiger partial charge in [0, 0.05) is 44.6 Å². The van der Waals surface area contributed by atoms with E-state index in [-0.39, 0.29) is 6.61 Å². The molecule has 1 fully saturated rings. The highest BCUT2D eigenvalue weighted by molar-refractivity contribution is 7.15. The molecular weight excluding hydrogens is 336 g/mol. The average Bonchev–Trinajstić information content (AvgIpc) is 3.16. The Balaban J connectivity index is 1.44. The summed E-state index contributed by atoms with van der Waals surface area (Å²) in [5.41, 5.74) is 3.13. The zero-order valence-electron chi connectivity index (χ0n) is 14.0. The Kier molecular flexibility index (Phi) is 4.56. The van der Waals surface area contributed by atoms with Crippen LogP contribution in [0, 0.1) is 0 Å². The molecule has 4 rings (SSSR count). The first-order valence-corrected chi connectivity index (χ1v) is 9.19. The Hall–Kier alpha value is -2.16. The smallest absolute Gasteiger partial charge is 0.208 e. The lowest BCUT2D eigenvalue weighted by atomic mass is 10.1. The van der Waals surface area contributed by atoms with Crippen molar-refractivity contribution >= 4 is 27.5 Å². The van der Waals surface area contributed by atoms with Crippen LogP contribution in [-0.2, 0) is 6.61 Å². The van der Waals surface area contributed by atoms with E-state index < -0.39 is 0 Å². The van der Waals surface area contributed by atoms with Crippen LogP contribution in [0.15, 0.2) is 30.6 Å². The largest absolute Gasteiger partial charge is 0.389 e. The maximum absolute atomic E-state index is 9.14. The van der Waals surface area contributed by atoms with Gasteiger partial charge in [-0.05, 0) is 24.6 Å². The number of hydrogen-bond acceptors (Lipinski definition) is 8. The van der Waals surface area contributed by atoms with Crippen molar-refractivity contribution in [2.75, 3.05) is 31.1 Å². The van der Waals surface area contributed by atoms with Crippen LogP contribution < -0.4 is 4.90 Å². The van der Waals surface area contributed by atoms with Gasteiger partial charge in [-0.2, -0.15) is 0 Å². The highest BCUT2D eigenvalue weighted by Crippen LogP contribution is 2.26. The fraction of sp³-hybridized carbons (Fsp3) is 0.412. The number of piperazine rings is 1. The highest BCUT2D eigenvalue weighted by atomic mass is 32.1. The second-order valence-corrected chi connectivity index (χ2v) is 7.18. The van der Waals surface area contributed by atoms with E-state index in [9.17, 15) is 0 Å². The monoisotopic (exact) mass is 356 g/mol. The standard InChI is InChI=1S/C17H20N6OS/c1-12(13-2-3-14-15(10-13)19-5-4-18-14)22-6-8-23(9-7-22)17-21-20-16(11-24)25-17/h2-5,10,12,24H,6-9,11H2,1H3. The normalized spacial score (nSPS) is 17.1. The van der Waals surface area contributed by atoms with Gasteiger partial charge in [-0.3, -0.25) is 14.9 Å². The van der Waals surface area contributed by atoms with Crippen LogP contribution >= 0.6 is 11.3 Å². The van der Waals surface area contributed by atoms with Crippen molar-refractivity contribution in [3.8, 4) is 0 Å². The molecule has 1 unspecified atom stereocenters. The van der Waals surface area contributed by atoms with Gasteiger partial charge in [0.2, 0.25) is 5.13 Å². The number of aliphatic hydroxyl groups is 1. The molecule has 0 aliphatic carbocycles. The van der Waals surface area contributed by atoms with Crippen LogP contribution in [0.25, 0.3) is 11.0 Å². The van der Waals surface area contributed by atoms with Crippen molar-refractivity contribution in [3.05, 3.63) is 41.2 Å². The molecule has 130 valence electrons. The van der Waals surface area contributed by atoms with Gasteiger partial charge in [0.05, 0.1) is 17.6 Å². The molecule has 25 heavy (non-hydrogen) atoms. The Bertz CT molecular complexity index is 861. The van der Waals surface area contributed by atoms with Crippen molar-refractivity contribution < 1.29 is 5.11 Å². The molecule has 7 nitrogen and oxygen atoms in total. The van der Waals surface area contributed by atoms with Gasteiger partial charge in [-0.25, -0.2) is 0 Å². The summed E-state index contributed by atoms with van der Waals surface area (Å²) >= 11 is 1.47. The third kappa shape index (κ3) is 3.33. The van der Waals surface area contributed by atoms with Crippen molar-refractivity contribution in [2.24, 2.45) is 0 Å². The van der Waals surface area contributed by atoms with Crippen LogP contribution in [0.5, 0.6) is 0 Å². The van der Waals surface area contributed by atoms with Crippen LogP contribution in [0.4, 0.5) is 5.13 Å². The molecule has 0 spiro atoms. The Morgan fingerprint density at radius 1 is 1.08 bits per heavy atom. The van der Waals surface area contributed by atoms with Crippen LogP contribution in [0.1, 0.15) is 23.5 Å². The molecule has 0 saturated carbocycles. The molecule has 1 aromatic carbocycles. The second-order valence-electron chi connectivity index (χ2n) is 6.14. The first-order chi connectivity index (χ1) is 12.2. The molecular formula is C17H20N6OS. The maximum Gasteiger partial charge on any atom is 0.208 e. The molecule has 1 atom stereocenters. The summed E-state index contributed by atoms with van der Waals surface area (Å²) < 4.78 is 0. The number of aliphatic hydroxyl groups excluding tert-OH is 1. The lowest BCUT2D eigenvalue weighted by Crippen LogP contribution is -2.47. The van der Waals surface area contributed by atoms with Crippen LogP contribution in [0.3, 0.4) is 0 Å². The average molecular weight is 356 g/mol. The Morgan fingerprint density at radius 3 is 2.56 bits per heavy atom. The van der Waals surface area contributed by atoms with Gasteiger partial charge in [0.25, 0.3) is 0 Å². The highest BCUT2D eigenvalue weighted by Gasteiger charge is 2.24. The van der Waals surface area contributed by atoms with E-state index in [0.717, 1.165) is 42.3 Å². The van der Waals surface area contributed by atoms with Crippen LogP contribution in [0.2, 0.25) is 0 Å². The van der Waals surface area contributed by atoms with Gasteiger partial charge >= 0.3 is 0 Å². The topological polar surface area (TPSA) is 78.3 Å². The molecule has 1 saturated heterocycles. The van der Waals surface area contributed by atoms with Gasteiger partial charge < -0.3 is 10.0 Å². The van der Waals surface area contributed by atoms with E-state index in [1.807, 2.05) is 6.07 Å². The molecule has 1 aliphatic rings. The first-order valence-electron chi connectivity index (χ1n) is 8.37. The zero-order valence-corrected chi connectivity index (χ0v) is 14.9. The van der Waals surface area contributed by atoms with E-state index >= 15 is 0 Å². The van der Waals surface area contributed by atoms with E-state index in [2.05, 4.69) is 49.0 Å². The van der Waals surface area contributed by atoms with Gasteiger partial charge in [0.1, 0.15) is 5.01 Å². The molecule has 3 aromatic rings. The lowest BCUT2D eigenvalue weighted by Gasteiger charge is -2.38. The summed E-state index contributed by atoms with van der Waals surface area (Å²) in [5.74, 6) is 0. The fourth-order valence-electron chi connectivity index (χ4n) is 3.19. The van der Waals surface area contributed by atoms with Crippen molar-refractivity contribution in [3.63, 3.8) is 0 Å². The Labute approximate surface area is 150 Å². The minimum absolute atomic E-state index is 0.0421. The molecule has 1 aliphatic heterocycles. The number of aromatic nitrogens is 4. The number of anilines is 1. The number of hydrogen-bond donors (Lipinski definition) is 1. The number of fused-ring (bicyclic) bond motifs is 1. The minimum atomic E-state index is -0.0421. The second kappa shape index (κ2) is 6.99. The van der Waals surface area contributed by atoms with Crippen LogP contribution in [-0.4, -0.2) is 56.4 Å². The summed E-state index contributed by atoms with van der Waals surface area (Å²) in [6, 6.07) is 6.66. The van der Waals surface area contributed by atoms with E-state index in [0.29, 0.717) is 11.0 Å². The molecule has 0 bridgehead atoms. The molecule has 0 radical (unpaired) electrons. The van der Waals surface area contributed by atoms with Crippen molar-refractivity contribution in [1.82, 2.24) is 25.1 Å². The van der Waals surface area contributed by atoms with Gasteiger partial charge in [-0.1, -0.05) is 17.4 Å². The fourth-order valence-corrected chi connectivity index (χ4v) is 3.94. The lowest BCUT2D eigenvalue weighted by molar-refractivity contribution is 0.198. The third-order valence-corrected chi connectivity index (χ3v) is 5.67. The van der Waals surface area contributed by atoms with E-state index in [1.54, 1.807) is 12.4 Å². The minimum Gasteiger partial charge on any atom is -0.389 e.